The number of aliphatic hydroxyl groups is 2. The first-order valence-electron chi connectivity index (χ1n) is 5.47. The van der Waals surface area contributed by atoms with Crippen LogP contribution in [-0.2, 0) is 0 Å². The molecule has 98 valence electrons. The lowest BCUT2D eigenvalue weighted by atomic mass is 9.90. The molecule has 0 aliphatic rings. The molecule has 1 aromatic carbocycles. The third-order valence-electron chi connectivity index (χ3n) is 2.68. The van der Waals surface area contributed by atoms with Crippen LogP contribution in [0.2, 0.25) is 0 Å². The van der Waals surface area contributed by atoms with E-state index in [0.717, 1.165) is 0 Å². The van der Waals surface area contributed by atoms with Crippen LogP contribution in [0.25, 0.3) is 0 Å². The number of hydrogen-bond acceptors (Lipinski definition) is 4. The van der Waals surface area contributed by atoms with Crippen molar-refractivity contribution in [2.24, 2.45) is 0 Å². The van der Waals surface area contributed by atoms with Gasteiger partial charge in [0.15, 0.2) is 6.29 Å². The fourth-order valence-electron chi connectivity index (χ4n) is 0.667. The van der Waals surface area contributed by atoms with Crippen LogP contribution in [0.3, 0.4) is 0 Å². The van der Waals surface area contributed by atoms with Gasteiger partial charge >= 0.3 is 0 Å². The van der Waals surface area contributed by atoms with Crippen LogP contribution in [0.1, 0.15) is 38.1 Å². The minimum absolute atomic E-state index is 0.0378. The van der Waals surface area contributed by atoms with Crippen LogP contribution < -0.4 is 5.46 Å². The van der Waals surface area contributed by atoms with E-state index < -0.39 is 11.2 Å². The smallest absolute Gasteiger partial charge is 0.153 e. The molecule has 4 nitrogen and oxygen atoms in total. The molecule has 0 amide bonds. The minimum atomic E-state index is -1.01. The van der Waals surface area contributed by atoms with E-state index in [0.29, 0.717) is 11.7 Å². The summed E-state index contributed by atoms with van der Waals surface area (Å²) in [6, 6.07) is 4.34. The summed E-state index contributed by atoms with van der Waals surface area (Å²) in [5, 5.41) is 27.2. The quantitative estimate of drug-likeness (QED) is 0.528. The van der Waals surface area contributed by atoms with Gasteiger partial charge in [-0.3, -0.25) is 4.79 Å². The number of phenols is 1. The Morgan fingerprint density at radius 1 is 1.11 bits per heavy atom. The molecular formula is C13H19BO4. The molecule has 0 saturated heterocycles. The zero-order chi connectivity index (χ0) is 14.6. The number of benzene rings is 1. The number of aldehydes is 1. The molecule has 1 rings (SSSR count). The first kappa shape index (κ1) is 16.7. The normalized spacial score (nSPS) is 11.4. The minimum Gasteiger partial charge on any atom is -0.507 e. The van der Waals surface area contributed by atoms with E-state index in [2.05, 4.69) is 0 Å². The summed E-state index contributed by atoms with van der Waals surface area (Å²) in [5.41, 5.74) is -1.32. The van der Waals surface area contributed by atoms with Crippen LogP contribution in [0.5, 0.6) is 5.75 Å². The third-order valence-corrected chi connectivity index (χ3v) is 2.68. The van der Waals surface area contributed by atoms with E-state index in [1.807, 2.05) is 0 Å². The lowest BCUT2D eigenvalue weighted by molar-refractivity contribution is -0.107. The van der Waals surface area contributed by atoms with Gasteiger partial charge in [0.2, 0.25) is 0 Å². The van der Waals surface area contributed by atoms with Crippen molar-refractivity contribution in [3.8, 4) is 5.75 Å². The van der Waals surface area contributed by atoms with E-state index in [-0.39, 0.29) is 11.3 Å². The zero-order valence-corrected chi connectivity index (χ0v) is 11.1. The topological polar surface area (TPSA) is 77.8 Å². The van der Waals surface area contributed by atoms with Crippen LogP contribution in [0.15, 0.2) is 18.2 Å². The Labute approximate surface area is 109 Å². The summed E-state index contributed by atoms with van der Waals surface area (Å²) in [6.45, 7) is 6.31. The molecule has 2 radical (unpaired) electrons. The van der Waals surface area contributed by atoms with Gasteiger partial charge in [-0.15, -0.1) is 0 Å². The van der Waals surface area contributed by atoms with Crippen molar-refractivity contribution in [1.29, 1.82) is 0 Å². The molecule has 1 aromatic rings. The van der Waals surface area contributed by atoms with Crippen molar-refractivity contribution in [3.63, 3.8) is 0 Å². The highest BCUT2D eigenvalue weighted by atomic mass is 16.3. The van der Waals surface area contributed by atoms with Crippen molar-refractivity contribution in [2.45, 2.75) is 38.9 Å². The Morgan fingerprint density at radius 3 is 1.83 bits per heavy atom. The lowest BCUT2D eigenvalue weighted by Gasteiger charge is -2.31. The van der Waals surface area contributed by atoms with Gasteiger partial charge in [0, 0.05) is 0 Å². The maximum absolute atomic E-state index is 10.2. The Balaban J connectivity index is 0.000000331. The Morgan fingerprint density at radius 2 is 1.56 bits per heavy atom. The number of carbonyl (C=O) groups excluding carboxylic acids is 1. The van der Waals surface area contributed by atoms with Crippen molar-refractivity contribution in [1.82, 2.24) is 0 Å². The first-order chi connectivity index (χ1) is 7.99. The van der Waals surface area contributed by atoms with Crippen LogP contribution in [0, 0.1) is 0 Å². The predicted molar refractivity (Wildman–Crippen MR) is 71.5 cm³/mol. The van der Waals surface area contributed by atoms with E-state index in [4.69, 9.17) is 23.2 Å². The van der Waals surface area contributed by atoms with Crippen molar-refractivity contribution in [2.75, 3.05) is 0 Å². The van der Waals surface area contributed by atoms with Gasteiger partial charge in [-0.2, -0.15) is 0 Å². The molecule has 3 N–H and O–H groups in total. The average Bonchev–Trinajstić information content (AvgIpc) is 2.19. The van der Waals surface area contributed by atoms with E-state index in [1.165, 1.54) is 18.2 Å². The van der Waals surface area contributed by atoms with Crippen molar-refractivity contribution in [3.05, 3.63) is 23.8 Å². The highest BCUT2D eigenvalue weighted by Gasteiger charge is 2.31. The van der Waals surface area contributed by atoms with Gasteiger partial charge < -0.3 is 15.3 Å². The lowest BCUT2D eigenvalue weighted by Crippen LogP contribution is -2.44. The van der Waals surface area contributed by atoms with Crippen LogP contribution in [0.4, 0.5) is 0 Å². The van der Waals surface area contributed by atoms with Gasteiger partial charge in [-0.25, -0.2) is 0 Å². The maximum atomic E-state index is 10.2. The van der Waals surface area contributed by atoms with Crippen LogP contribution >= 0.6 is 0 Å². The second-order valence-electron chi connectivity index (χ2n) is 5.05. The maximum Gasteiger partial charge on any atom is 0.153 e. The van der Waals surface area contributed by atoms with Crippen molar-refractivity contribution < 1.29 is 20.1 Å². The largest absolute Gasteiger partial charge is 0.507 e. The first-order valence-corrected chi connectivity index (χ1v) is 5.47. The van der Waals surface area contributed by atoms with Gasteiger partial charge in [-0.05, 0) is 33.8 Å². The standard InChI is InChI=1S/C7H5BO2.C6H14O2/c8-6-1-2-7(10)5(3-6)4-9;1-5(2,7)6(3,4)8/h1-4,10H;7-8H,1-4H3. The molecule has 5 heteroatoms. The Bertz CT molecular complexity index is 390. The molecule has 0 atom stereocenters. The molecule has 0 heterocycles. The monoisotopic (exact) mass is 250 g/mol. The zero-order valence-electron chi connectivity index (χ0n) is 11.1. The van der Waals surface area contributed by atoms with Crippen molar-refractivity contribution >= 4 is 19.6 Å². The molecular weight excluding hydrogens is 231 g/mol. The number of carbonyl (C=O) groups is 1. The second-order valence-corrected chi connectivity index (χ2v) is 5.05. The molecule has 18 heavy (non-hydrogen) atoms. The third kappa shape index (κ3) is 5.34. The van der Waals surface area contributed by atoms with Gasteiger partial charge in [0.25, 0.3) is 0 Å². The highest BCUT2D eigenvalue weighted by Crippen LogP contribution is 2.19. The van der Waals surface area contributed by atoms with E-state index in [9.17, 15) is 4.79 Å². The fraction of sp³-hybridized carbons (Fsp3) is 0.462. The molecule has 0 aliphatic carbocycles. The predicted octanol–water partition coefficient (Wildman–Crippen LogP) is 0.527. The summed E-state index contributed by atoms with van der Waals surface area (Å²) < 4.78 is 0. The summed E-state index contributed by atoms with van der Waals surface area (Å²) in [7, 11) is 5.33. The molecule has 0 fully saturated rings. The highest BCUT2D eigenvalue weighted by molar-refractivity contribution is 6.32. The van der Waals surface area contributed by atoms with Gasteiger partial charge in [-0.1, -0.05) is 17.6 Å². The summed E-state index contributed by atoms with van der Waals surface area (Å²) in [4.78, 5) is 10.2. The van der Waals surface area contributed by atoms with Gasteiger partial charge in [0.1, 0.15) is 13.6 Å². The second kappa shape index (κ2) is 6.02. The number of hydrogen-bond donors (Lipinski definition) is 3. The van der Waals surface area contributed by atoms with E-state index >= 15 is 0 Å². The summed E-state index contributed by atoms with van der Waals surface area (Å²) in [5.74, 6) is -0.0378. The van der Waals surface area contributed by atoms with Crippen LogP contribution in [-0.4, -0.2) is 40.7 Å². The molecule has 0 spiro atoms. The Kier molecular flexibility index (Phi) is 5.58. The molecule has 0 aromatic heterocycles. The number of phenolic OH excluding ortho intramolecular Hbond substituents is 1. The van der Waals surface area contributed by atoms with Gasteiger partial charge in [0.05, 0.1) is 16.8 Å². The van der Waals surface area contributed by atoms with E-state index in [1.54, 1.807) is 27.7 Å². The SMILES string of the molecule is CC(C)(O)C(C)(C)O.[B]c1ccc(O)c(C=O)c1. The Hall–Kier alpha value is -1.33. The fourth-order valence-corrected chi connectivity index (χ4v) is 0.667. The molecule has 0 saturated carbocycles. The average molecular weight is 250 g/mol. The molecule has 0 unspecified atom stereocenters. The number of aromatic hydroxyl groups is 1. The molecule has 0 bridgehead atoms. The summed E-state index contributed by atoms with van der Waals surface area (Å²) >= 11 is 0. The summed E-state index contributed by atoms with van der Waals surface area (Å²) in [6.07, 6.45) is 0.561. The molecule has 0 aliphatic heterocycles. The number of rotatable bonds is 2.